The monoisotopic (exact) mass is 242 g/mol. The highest BCUT2D eigenvalue weighted by molar-refractivity contribution is 5.81. The standard InChI is InChI=1S/C9H17F3N2O2/c1-5(2)14-8(16)6(3)13-4-7(15)9(10,11)12/h5-7,13,15H,4H2,1-3H3,(H,14,16). The van der Waals surface area contributed by atoms with Crippen LogP contribution in [-0.2, 0) is 4.79 Å². The van der Waals surface area contributed by atoms with E-state index in [9.17, 15) is 18.0 Å². The highest BCUT2D eigenvalue weighted by atomic mass is 19.4. The van der Waals surface area contributed by atoms with Crippen molar-refractivity contribution < 1.29 is 23.1 Å². The van der Waals surface area contributed by atoms with E-state index in [-0.39, 0.29) is 6.04 Å². The van der Waals surface area contributed by atoms with Crippen molar-refractivity contribution in [3.8, 4) is 0 Å². The minimum absolute atomic E-state index is 0.0794. The molecule has 0 fully saturated rings. The molecular weight excluding hydrogens is 225 g/mol. The van der Waals surface area contributed by atoms with Gasteiger partial charge >= 0.3 is 6.18 Å². The Bertz CT molecular complexity index is 231. The van der Waals surface area contributed by atoms with E-state index in [0.29, 0.717) is 0 Å². The molecule has 0 aromatic rings. The van der Waals surface area contributed by atoms with E-state index >= 15 is 0 Å². The lowest BCUT2D eigenvalue weighted by molar-refractivity contribution is -0.202. The molecule has 1 amide bonds. The van der Waals surface area contributed by atoms with Crippen LogP contribution in [0.1, 0.15) is 20.8 Å². The lowest BCUT2D eigenvalue weighted by Crippen LogP contribution is -2.48. The molecule has 0 aliphatic carbocycles. The average Bonchev–Trinajstić information content (AvgIpc) is 2.10. The number of amides is 1. The van der Waals surface area contributed by atoms with Crippen LogP contribution in [0.25, 0.3) is 0 Å². The van der Waals surface area contributed by atoms with E-state index in [1.54, 1.807) is 13.8 Å². The van der Waals surface area contributed by atoms with Crippen LogP contribution in [0, 0.1) is 0 Å². The van der Waals surface area contributed by atoms with E-state index in [4.69, 9.17) is 5.11 Å². The van der Waals surface area contributed by atoms with Gasteiger partial charge in [-0.25, -0.2) is 0 Å². The van der Waals surface area contributed by atoms with Crippen molar-refractivity contribution in [2.45, 2.75) is 45.1 Å². The van der Waals surface area contributed by atoms with Gasteiger partial charge < -0.3 is 15.7 Å². The molecule has 0 spiro atoms. The molecule has 0 saturated carbocycles. The van der Waals surface area contributed by atoms with Crippen LogP contribution < -0.4 is 10.6 Å². The highest BCUT2D eigenvalue weighted by Crippen LogP contribution is 2.19. The largest absolute Gasteiger partial charge is 0.415 e. The molecule has 0 aliphatic heterocycles. The van der Waals surface area contributed by atoms with Gasteiger partial charge in [-0.2, -0.15) is 13.2 Å². The Labute approximate surface area is 92.2 Å². The van der Waals surface area contributed by atoms with Crippen molar-refractivity contribution in [2.75, 3.05) is 6.54 Å². The first-order valence-corrected chi connectivity index (χ1v) is 4.93. The van der Waals surface area contributed by atoms with Crippen LogP contribution in [0.4, 0.5) is 13.2 Å². The summed E-state index contributed by atoms with van der Waals surface area (Å²) in [5, 5.41) is 13.5. The summed E-state index contributed by atoms with van der Waals surface area (Å²) < 4.78 is 35.8. The Hall–Kier alpha value is -0.820. The van der Waals surface area contributed by atoms with Gasteiger partial charge in [-0.05, 0) is 20.8 Å². The molecule has 2 atom stereocenters. The van der Waals surface area contributed by atoms with Gasteiger partial charge in [0.15, 0.2) is 6.10 Å². The van der Waals surface area contributed by atoms with E-state index in [2.05, 4.69) is 10.6 Å². The fraction of sp³-hybridized carbons (Fsp3) is 0.889. The number of halogens is 3. The van der Waals surface area contributed by atoms with Gasteiger partial charge in [-0.3, -0.25) is 4.79 Å². The molecule has 16 heavy (non-hydrogen) atoms. The van der Waals surface area contributed by atoms with E-state index in [1.807, 2.05) is 0 Å². The second kappa shape index (κ2) is 6.05. The maximum atomic E-state index is 11.9. The van der Waals surface area contributed by atoms with E-state index in [0.717, 1.165) is 0 Å². The highest BCUT2D eigenvalue weighted by Gasteiger charge is 2.38. The third-order valence-corrected chi connectivity index (χ3v) is 1.82. The SMILES string of the molecule is CC(C)NC(=O)C(C)NCC(O)C(F)(F)F. The molecule has 0 aromatic heterocycles. The Morgan fingerprint density at radius 2 is 1.81 bits per heavy atom. The molecule has 3 N–H and O–H groups in total. The predicted molar refractivity (Wildman–Crippen MR) is 52.8 cm³/mol. The zero-order valence-electron chi connectivity index (χ0n) is 9.43. The van der Waals surface area contributed by atoms with Crippen molar-refractivity contribution >= 4 is 5.91 Å². The molecule has 0 saturated heterocycles. The normalized spacial score (nSPS) is 16.0. The van der Waals surface area contributed by atoms with Crippen molar-refractivity contribution in [2.24, 2.45) is 0 Å². The van der Waals surface area contributed by atoms with Gasteiger partial charge in [-0.15, -0.1) is 0 Å². The smallest absolute Gasteiger partial charge is 0.382 e. The lowest BCUT2D eigenvalue weighted by atomic mass is 10.2. The quantitative estimate of drug-likeness (QED) is 0.654. The van der Waals surface area contributed by atoms with E-state index in [1.165, 1.54) is 6.92 Å². The zero-order chi connectivity index (χ0) is 12.9. The number of hydrogen-bond donors (Lipinski definition) is 3. The second-order valence-corrected chi connectivity index (χ2v) is 3.85. The molecule has 2 unspecified atom stereocenters. The topological polar surface area (TPSA) is 61.4 Å². The van der Waals surface area contributed by atoms with Gasteiger partial charge in [0.05, 0.1) is 6.04 Å². The van der Waals surface area contributed by atoms with Crippen molar-refractivity contribution in [3.05, 3.63) is 0 Å². The van der Waals surface area contributed by atoms with Gasteiger partial charge in [-0.1, -0.05) is 0 Å². The van der Waals surface area contributed by atoms with Gasteiger partial charge in [0.25, 0.3) is 0 Å². The first-order chi connectivity index (χ1) is 7.14. The number of rotatable bonds is 5. The summed E-state index contributed by atoms with van der Waals surface area (Å²) >= 11 is 0. The first-order valence-electron chi connectivity index (χ1n) is 4.93. The molecule has 0 rings (SSSR count). The minimum Gasteiger partial charge on any atom is -0.382 e. The third-order valence-electron chi connectivity index (χ3n) is 1.82. The third kappa shape index (κ3) is 5.92. The number of carbonyl (C=O) groups excluding carboxylic acids is 1. The molecule has 0 aliphatic rings. The molecule has 96 valence electrons. The number of aliphatic hydroxyl groups excluding tert-OH is 1. The van der Waals surface area contributed by atoms with Crippen molar-refractivity contribution in [1.29, 1.82) is 0 Å². The van der Waals surface area contributed by atoms with Crippen LogP contribution in [0.3, 0.4) is 0 Å². The summed E-state index contributed by atoms with van der Waals surface area (Å²) in [7, 11) is 0. The first kappa shape index (κ1) is 15.2. The molecule has 0 radical (unpaired) electrons. The van der Waals surface area contributed by atoms with Crippen LogP contribution in [0.15, 0.2) is 0 Å². The summed E-state index contributed by atoms with van der Waals surface area (Å²) in [4.78, 5) is 11.3. The summed E-state index contributed by atoms with van der Waals surface area (Å²) in [6.07, 6.45) is -7.12. The minimum atomic E-state index is -4.67. The van der Waals surface area contributed by atoms with Crippen LogP contribution in [-0.4, -0.2) is 41.9 Å². The number of nitrogens with one attached hydrogen (secondary N) is 2. The van der Waals surface area contributed by atoms with Gasteiger partial charge in [0, 0.05) is 12.6 Å². The number of hydrogen-bond acceptors (Lipinski definition) is 3. The van der Waals surface area contributed by atoms with Crippen LogP contribution in [0.2, 0.25) is 0 Å². The van der Waals surface area contributed by atoms with Gasteiger partial charge in [0.1, 0.15) is 0 Å². The molecular formula is C9H17F3N2O2. The Kier molecular flexibility index (Phi) is 5.74. The number of aliphatic hydroxyl groups is 1. The Morgan fingerprint density at radius 3 is 2.19 bits per heavy atom. The average molecular weight is 242 g/mol. The maximum Gasteiger partial charge on any atom is 0.415 e. The molecule has 4 nitrogen and oxygen atoms in total. The molecule has 0 bridgehead atoms. The second-order valence-electron chi connectivity index (χ2n) is 3.85. The van der Waals surface area contributed by atoms with Crippen molar-refractivity contribution in [1.82, 2.24) is 10.6 Å². The summed E-state index contributed by atoms with van der Waals surface area (Å²) in [5.74, 6) is -0.399. The lowest BCUT2D eigenvalue weighted by Gasteiger charge is -2.19. The van der Waals surface area contributed by atoms with Gasteiger partial charge in [0.2, 0.25) is 5.91 Å². The zero-order valence-corrected chi connectivity index (χ0v) is 9.43. The molecule has 0 aromatic carbocycles. The van der Waals surface area contributed by atoms with Crippen LogP contribution in [0.5, 0.6) is 0 Å². The Morgan fingerprint density at radius 1 is 1.31 bits per heavy atom. The van der Waals surface area contributed by atoms with Crippen LogP contribution >= 0.6 is 0 Å². The Balaban J connectivity index is 3.98. The summed E-state index contributed by atoms with van der Waals surface area (Å²) in [6, 6.07) is -0.858. The summed E-state index contributed by atoms with van der Waals surface area (Å²) in [6.45, 7) is 4.22. The maximum absolute atomic E-state index is 11.9. The van der Waals surface area contributed by atoms with Crippen molar-refractivity contribution in [3.63, 3.8) is 0 Å². The van der Waals surface area contributed by atoms with E-state index < -0.39 is 30.8 Å². The predicted octanol–water partition coefficient (Wildman–Crippen LogP) is 0.412. The number of carbonyl (C=O) groups is 1. The fourth-order valence-corrected chi connectivity index (χ4v) is 0.906. The molecule has 7 heteroatoms. The fourth-order valence-electron chi connectivity index (χ4n) is 0.906. The number of alkyl halides is 3. The molecule has 0 heterocycles. The summed E-state index contributed by atoms with van der Waals surface area (Å²) in [5.41, 5.74) is 0.